The van der Waals surface area contributed by atoms with Gasteiger partial charge in [0.2, 0.25) is 11.8 Å². The first-order valence-electron chi connectivity index (χ1n) is 12.4. The van der Waals surface area contributed by atoms with Gasteiger partial charge in [-0.1, -0.05) is 63.4 Å². The van der Waals surface area contributed by atoms with E-state index in [1.165, 1.54) is 36.4 Å². The number of aromatic nitrogens is 2. The molecule has 1 aromatic carbocycles. The number of fused-ring (bicyclic) bond motifs is 1. The van der Waals surface area contributed by atoms with Crippen molar-refractivity contribution in [3.8, 4) is 0 Å². The highest BCUT2D eigenvalue weighted by molar-refractivity contribution is 8.02. The predicted molar refractivity (Wildman–Crippen MR) is 140 cm³/mol. The lowest BCUT2D eigenvalue weighted by atomic mass is 9.92. The number of benzene rings is 1. The second kappa shape index (κ2) is 11.3. The quantitative estimate of drug-likeness (QED) is 0.530. The third kappa shape index (κ3) is 6.45. The van der Waals surface area contributed by atoms with Gasteiger partial charge >= 0.3 is 0 Å². The van der Waals surface area contributed by atoms with Gasteiger partial charge in [-0.25, -0.2) is 9.97 Å². The van der Waals surface area contributed by atoms with Gasteiger partial charge in [0, 0.05) is 26.2 Å². The van der Waals surface area contributed by atoms with Gasteiger partial charge in [-0.2, -0.15) is 0 Å². The summed E-state index contributed by atoms with van der Waals surface area (Å²) < 4.78 is 0. The Morgan fingerprint density at radius 3 is 1.44 bits per heavy atom. The number of hydrogen-bond acceptors (Lipinski definition) is 6. The number of amides is 2. The standard InChI is InChI=1S/C26H36N4O2S2/c1-17-9-18(2)12-29(11-17)23(31)15-33-25-26(28-22-8-6-5-7-21(22)27-25)34-16-24(32)30-13-19(3)10-20(4)14-30/h5-8,17-20H,9-16H2,1-4H3. The highest BCUT2D eigenvalue weighted by Gasteiger charge is 2.27. The lowest BCUT2D eigenvalue weighted by Crippen LogP contribution is -2.43. The number of hydrogen-bond donors (Lipinski definition) is 0. The third-order valence-electron chi connectivity index (χ3n) is 6.62. The Kier molecular flexibility index (Phi) is 8.40. The van der Waals surface area contributed by atoms with Crippen LogP contribution >= 0.6 is 23.5 Å². The highest BCUT2D eigenvalue weighted by Crippen LogP contribution is 2.31. The van der Waals surface area contributed by atoms with Crippen LogP contribution in [0.25, 0.3) is 11.0 Å². The summed E-state index contributed by atoms with van der Waals surface area (Å²) in [7, 11) is 0. The Hall–Kier alpha value is -1.80. The van der Waals surface area contributed by atoms with Crippen molar-refractivity contribution in [3.63, 3.8) is 0 Å². The zero-order valence-electron chi connectivity index (χ0n) is 20.7. The molecule has 0 saturated carbocycles. The Bertz CT molecular complexity index is 933. The lowest BCUT2D eigenvalue weighted by molar-refractivity contribution is -0.131. The number of carbonyl (C=O) groups excluding carboxylic acids is 2. The number of para-hydroxylation sites is 2. The van der Waals surface area contributed by atoms with Gasteiger partial charge in [-0.15, -0.1) is 0 Å². The summed E-state index contributed by atoms with van der Waals surface area (Å²) in [5, 5.41) is 1.48. The molecule has 4 rings (SSSR count). The molecule has 2 amide bonds. The smallest absolute Gasteiger partial charge is 0.233 e. The molecule has 2 aromatic rings. The summed E-state index contributed by atoms with van der Waals surface area (Å²) in [5.41, 5.74) is 1.62. The fourth-order valence-corrected chi connectivity index (χ4v) is 7.23. The van der Waals surface area contributed by atoms with Crippen LogP contribution in [-0.4, -0.2) is 69.3 Å². The molecule has 34 heavy (non-hydrogen) atoms. The summed E-state index contributed by atoms with van der Waals surface area (Å²) in [6, 6.07) is 7.78. The van der Waals surface area contributed by atoms with Crippen LogP contribution in [0.5, 0.6) is 0 Å². The number of thioether (sulfide) groups is 2. The summed E-state index contributed by atoms with van der Waals surface area (Å²) in [6.07, 6.45) is 2.35. The van der Waals surface area contributed by atoms with Gasteiger partial charge in [0.05, 0.1) is 22.5 Å². The van der Waals surface area contributed by atoms with Crippen LogP contribution in [-0.2, 0) is 9.59 Å². The summed E-state index contributed by atoms with van der Waals surface area (Å²) in [5.74, 6) is 3.14. The van der Waals surface area contributed by atoms with E-state index in [0.29, 0.717) is 35.2 Å². The molecule has 184 valence electrons. The van der Waals surface area contributed by atoms with Crippen molar-refractivity contribution >= 4 is 46.4 Å². The lowest BCUT2D eigenvalue weighted by Gasteiger charge is -2.35. The molecule has 2 aliphatic heterocycles. The molecule has 1 aromatic heterocycles. The minimum absolute atomic E-state index is 0.154. The number of carbonyl (C=O) groups is 2. The normalized spacial score (nSPS) is 25.5. The van der Waals surface area contributed by atoms with Crippen LogP contribution in [0.15, 0.2) is 34.3 Å². The maximum Gasteiger partial charge on any atom is 0.233 e. The molecule has 4 unspecified atom stereocenters. The predicted octanol–water partition coefficient (Wildman–Crippen LogP) is 4.82. The molecule has 8 heteroatoms. The molecule has 2 fully saturated rings. The Balaban J connectivity index is 1.45. The first kappa shape index (κ1) is 25.3. The maximum atomic E-state index is 13.0. The molecule has 0 spiro atoms. The Morgan fingerprint density at radius 1 is 0.735 bits per heavy atom. The van der Waals surface area contributed by atoms with E-state index in [0.717, 1.165) is 47.3 Å². The summed E-state index contributed by atoms with van der Waals surface area (Å²) in [4.78, 5) is 39.6. The fourth-order valence-electron chi connectivity index (χ4n) is 5.33. The zero-order valence-corrected chi connectivity index (χ0v) is 22.3. The van der Waals surface area contributed by atoms with E-state index in [1.807, 2.05) is 34.1 Å². The average molecular weight is 501 g/mol. The van der Waals surface area contributed by atoms with Gasteiger partial charge in [0.15, 0.2) is 0 Å². The van der Waals surface area contributed by atoms with E-state index in [9.17, 15) is 9.59 Å². The first-order valence-corrected chi connectivity index (χ1v) is 14.3. The molecule has 3 heterocycles. The van der Waals surface area contributed by atoms with Crippen LogP contribution in [0.2, 0.25) is 0 Å². The monoisotopic (exact) mass is 500 g/mol. The molecule has 6 nitrogen and oxygen atoms in total. The highest BCUT2D eigenvalue weighted by atomic mass is 32.2. The van der Waals surface area contributed by atoms with Crippen molar-refractivity contribution in [2.24, 2.45) is 23.7 Å². The molecule has 2 aliphatic rings. The molecular formula is C26H36N4O2S2. The fraction of sp³-hybridized carbons (Fsp3) is 0.615. The Morgan fingerprint density at radius 2 is 1.09 bits per heavy atom. The van der Waals surface area contributed by atoms with Crippen LogP contribution in [0.4, 0.5) is 0 Å². The van der Waals surface area contributed by atoms with E-state index < -0.39 is 0 Å². The van der Waals surface area contributed by atoms with E-state index in [4.69, 9.17) is 9.97 Å². The second-order valence-corrected chi connectivity index (χ2v) is 12.3. The molecule has 0 aliphatic carbocycles. The minimum Gasteiger partial charge on any atom is -0.341 e. The van der Waals surface area contributed by atoms with Crippen molar-refractivity contribution in [3.05, 3.63) is 24.3 Å². The van der Waals surface area contributed by atoms with E-state index in [-0.39, 0.29) is 11.8 Å². The van der Waals surface area contributed by atoms with Crippen molar-refractivity contribution in [1.29, 1.82) is 0 Å². The molecule has 0 radical (unpaired) electrons. The van der Waals surface area contributed by atoms with Gasteiger partial charge < -0.3 is 9.80 Å². The van der Waals surface area contributed by atoms with Crippen molar-refractivity contribution < 1.29 is 9.59 Å². The number of rotatable bonds is 6. The van der Waals surface area contributed by atoms with Crippen molar-refractivity contribution in [2.75, 3.05) is 37.7 Å². The molecule has 0 N–H and O–H groups in total. The van der Waals surface area contributed by atoms with Gasteiger partial charge in [-0.3, -0.25) is 9.59 Å². The minimum atomic E-state index is 0.154. The maximum absolute atomic E-state index is 13.0. The summed E-state index contributed by atoms with van der Waals surface area (Å²) in [6.45, 7) is 12.2. The number of likely N-dealkylation sites (tertiary alicyclic amines) is 2. The SMILES string of the molecule is CC1CC(C)CN(C(=O)CSc2nc3ccccc3nc2SCC(=O)N2CC(C)CC(C)C2)C1. The molecule has 4 atom stereocenters. The van der Waals surface area contributed by atoms with Crippen LogP contribution < -0.4 is 0 Å². The summed E-state index contributed by atoms with van der Waals surface area (Å²) >= 11 is 2.89. The molecular weight excluding hydrogens is 464 g/mol. The third-order valence-corrected chi connectivity index (χ3v) is 8.64. The van der Waals surface area contributed by atoms with Crippen LogP contribution in [0.3, 0.4) is 0 Å². The number of piperidine rings is 2. The van der Waals surface area contributed by atoms with E-state index in [2.05, 4.69) is 27.7 Å². The zero-order chi connectivity index (χ0) is 24.2. The van der Waals surface area contributed by atoms with Crippen molar-refractivity contribution in [1.82, 2.24) is 19.8 Å². The van der Waals surface area contributed by atoms with Gasteiger partial charge in [-0.05, 0) is 48.6 Å². The molecule has 2 saturated heterocycles. The van der Waals surface area contributed by atoms with E-state index >= 15 is 0 Å². The number of nitrogens with zero attached hydrogens (tertiary/aromatic N) is 4. The van der Waals surface area contributed by atoms with Crippen LogP contribution in [0, 0.1) is 23.7 Å². The van der Waals surface area contributed by atoms with Gasteiger partial charge in [0.1, 0.15) is 10.1 Å². The first-order chi connectivity index (χ1) is 16.3. The van der Waals surface area contributed by atoms with Gasteiger partial charge in [0.25, 0.3) is 0 Å². The van der Waals surface area contributed by atoms with Crippen molar-refractivity contribution in [2.45, 2.75) is 50.6 Å². The second-order valence-electron chi connectivity index (χ2n) is 10.4. The average Bonchev–Trinajstić information content (AvgIpc) is 2.79. The van der Waals surface area contributed by atoms with E-state index in [1.54, 1.807) is 0 Å². The Labute approximate surface area is 211 Å². The molecule has 0 bridgehead atoms. The topological polar surface area (TPSA) is 66.4 Å². The van der Waals surface area contributed by atoms with Crippen LogP contribution in [0.1, 0.15) is 40.5 Å². The largest absolute Gasteiger partial charge is 0.341 e.